The van der Waals surface area contributed by atoms with Gasteiger partial charge in [0, 0.05) is 18.3 Å². The number of nitro benzene ring substituents is 1. The highest BCUT2D eigenvalue weighted by Gasteiger charge is 2.06. The first kappa shape index (κ1) is 13.7. The van der Waals surface area contributed by atoms with E-state index < -0.39 is 4.92 Å². The zero-order valence-electron chi connectivity index (χ0n) is 10.9. The van der Waals surface area contributed by atoms with E-state index in [0.717, 1.165) is 5.56 Å². The Hall–Kier alpha value is -2.69. The molecule has 0 heterocycles. The Kier molecular flexibility index (Phi) is 4.10. The molecule has 2 aromatic carbocycles. The average molecular weight is 269 g/mol. The van der Waals surface area contributed by atoms with Crippen LogP contribution in [0.2, 0.25) is 0 Å². The van der Waals surface area contributed by atoms with Crippen LogP contribution < -0.4 is 5.11 Å². The van der Waals surface area contributed by atoms with Crippen molar-refractivity contribution in [3.05, 3.63) is 69.8 Å². The van der Waals surface area contributed by atoms with Gasteiger partial charge in [0.1, 0.15) is 0 Å². The molecule has 0 aromatic heterocycles. The lowest BCUT2D eigenvalue weighted by Crippen LogP contribution is -1.99. The molecule has 0 bridgehead atoms. The van der Waals surface area contributed by atoms with Crippen molar-refractivity contribution >= 4 is 11.9 Å². The van der Waals surface area contributed by atoms with Crippen molar-refractivity contribution in [1.29, 1.82) is 0 Å². The number of hydrogen-bond donors (Lipinski definition) is 0. The fraction of sp³-hybridized carbons (Fsp3) is 0.133. The summed E-state index contributed by atoms with van der Waals surface area (Å²) in [6, 6.07) is 13.1. The molecule has 1 atom stereocenters. The highest BCUT2D eigenvalue weighted by molar-refractivity contribution is 5.84. The van der Waals surface area contributed by atoms with Gasteiger partial charge in [-0.2, -0.15) is 0 Å². The molecule has 0 N–H and O–H groups in total. The van der Waals surface area contributed by atoms with E-state index in [9.17, 15) is 15.2 Å². The second kappa shape index (κ2) is 5.97. The molecule has 1 unspecified atom stereocenters. The van der Waals surface area contributed by atoms with Gasteiger partial charge in [-0.25, -0.2) is 0 Å². The number of rotatable bonds is 4. The third-order valence-corrected chi connectivity index (χ3v) is 2.92. The van der Waals surface area contributed by atoms with Crippen molar-refractivity contribution in [3.63, 3.8) is 0 Å². The summed E-state index contributed by atoms with van der Waals surface area (Å²) >= 11 is 0. The van der Waals surface area contributed by atoms with E-state index in [0.29, 0.717) is 0 Å². The Morgan fingerprint density at radius 3 is 2.55 bits per heavy atom. The van der Waals surface area contributed by atoms with E-state index in [1.807, 2.05) is 37.3 Å². The minimum atomic E-state index is -0.530. The Labute approximate surface area is 116 Å². The maximum Gasteiger partial charge on any atom is 0.270 e. The Morgan fingerprint density at radius 1 is 1.20 bits per heavy atom. The third kappa shape index (κ3) is 3.20. The summed E-state index contributed by atoms with van der Waals surface area (Å²) in [5, 5.41) is 22.3. The monoisotopic (exact) mass is 269 g/mol. The summed E-state index contributed by atoms with van der Waals surface area (Å²) in [4.78, 5) is 14.4. The SMILES string of the molecule is CC(N=Cc1cc([N+](=O)[O-])ccc1[O-])c1ccccc1. The molecule has 0 aliphatic rings. The molecule has 0 aliphatic heterocycles. The predicted octanol–water partition coefficient (Wildman–Crippen LogP) is 2.85. The fourth-order valence-corrected chi connectivity index (χ4v) is 1.76. The standard InChI is InChI=1S/C15H14N2O3/c1-11(12-5-3-2-4-6-12)16-10-13-9-14(17(19)20)7-8-15(13)18/h2-11,18H,1H3/p-1. The molecule has 2 aromatic rings. The largest absolute Gasteiger partial charge is 0.872 e. The number of non-ortho nitro benzene ring substituents is 1. The van der Waals surface area contributed by atoms with Gasteiger partial charge in [0.15, 0.2) is 0 Å². The van der Waals surface area contributed by atoms with Gasteiger partial charge in [0.05, 0.1) is 11.0 Å². The van der Waals surface area contributed by atoms with E-state index >= 15 is 0 Å². The molecule has 0 radical (unpaired) electrons. The molecule has 0 saturated carbocycles. The van der Waals surface area contributed by atoms with E-state index in [-0.39, 0.29) is 23.0 Å². The van der Waals surface area contributed by atoms with E-state index in [1.54, 1.807) is 0 Å². The molecule has 2 rings (SSSR count). The maximum atomic E-state index is 11.6. The Morgan fingerprint density at radius 2 is 1.90 bits per heavy atom. The van der Waals surface area contributed by atoms with Crippen LogP contribution in [0.15, 0.2) is 53.5 Å². The van der Waals surface area contributed by atoms with Crippen LogP contribution in [0.4, 0.5) is 5.69 Å². The zero-order valence-corrected chi connectivity index (χ0v) is 10.9. The van der Waals surface area contributed by atoms with Crippen LogP contribution in [0.1, 0.15) is 24.1 Å². The molecule has 0 saturated heterocycles. The van der Waals surface area contributed by atoms with Crippen LogP contribution in [-0.4, -0.2) is 11.1 Å². The van der Waals surface area contributed by atoms with E-state index in [4.69, 9.17) is 0 Å². The molecule has 0 amide bonds. The van der Waals surface area contributed by atoms with Gasteiger partial charge < -0.3 is 5.11 Å². The van der Waals surface area contributed by atoms with E-state index in [1.165, 1.54) is 24.4 Å². The average Bonchev–Trinajstić information content (AvgIpc) is 2.46. The van der Waals surface area contributed by atoms with Gasteiger partial charge in [0.25, 0.3) is 5.69 Å². The first-order valence-corrected chi connectivity index (χ1v) is 6.11. The summed E-state index contributed by atoms with van der Waals surface area (Å²) in [5.41, 5.74) is 1.13. The quantitative estimate of drug-likeness (QED) is 0.486. The highest BCUT2D eigenvalue weighted by atomic mass is 16.6. The van der Waals surface area contributed by atoms with Gasteiger partial charge in [-0.1, -0.05) is 42.1 Å². The van der Waals surface area contributed by atoms with Crippen molar-refractivity contribution in [3.8, 4) is 5.75 Å². The summed E-state index contributed by atoms with van der Waals surface area (Å²) in [5.74, 6) is -0.278. The zero-order chi connectivity index (χ0) is 14.5. The Balaban J connectivity index is 2.23. The summed E-state index contributed by atoms with van der Waals surface area (Å²) < 4.78 is 0. The molecule has 0 spiro atoms. The lowest BCUT2D eigenvalue weighted by Gasteiger charge is -2.10. The highest BCUT2D eigenvalue weighted by Crippen LogP contribution is 2.21. The second-order valence-electron chi connectivity index (χ2n) is 4.34. The van der Waals surface area contributed by atoms with Crippen molar-refractivity contribution in [2.24, 2.45) is 4.99 Å². The van der Waals surface area contributed by atoms with Gasteiger partial charge in [0.2, 0.25) is 0 Å². The maximum absolute atomic E-state index is 11.6. The first-order chi connectivity index (χ1) is 9.58. The predicted molar refractivity (Wildman–Crippen MR) is 75.0 cm³/mol. The molecule has 102 valence electrons. The second-order valence-corrected chi connectivity index (χ2v) is 4.34. The van der Waals surface area contributed by atoms with E-state index in [2.05, 4.69) is 4.99 Å². The summed E-state index contributed by atoms with van der Waals surface area (Å²) in [7, 11) is 0. The number of hydrogen-bond acceptors (Lipinski definition) is 4. The molecular weight excluding hydrogens is 256 g/mol. The molecule has 20 heavy (non-hydrogen) atoms. The van der Waals surface area contributed by atoms with Crippen LogP contribution in [0.25, 0.3) is 0 Å². The summed E-state index contributed by atoms with van der Waals surface area (Å²) in [6.45, 7) is 1.90. The van der Waals surface area contributed by atoms with Crippen LogP contribution in [0, 0.1) is 10.1 Å². The molecule has 5 heteroatoms. The van der Waals surface area contributed by atoms with Gasteiger partial charge >= 0.3 is 0 Å². The van der Waals surface area contributed by atoms with Crippen molar-refractivity contribution in [2.75, 3.05) is 0 Å². The third-order valence-electron chi connectivity index (χ3n) is 2.92. The number of benzene rings is 2. The van der Waals surface area contributed by atoms with Gasteiger partial charge in [-0.15, -0.1) is 0 Å². The van der Waals surface area contributed by atoms with Crippen molar-refractivity contribution in [2.45, 2.75) is 13.0 Å². The molecular formula is C15H13N2O3-. The topological polar surface area (TPSA) is 78.6 Å². The Bertz CT molecular complexity index is 639. The van der Waals surface area contributed by atoms with Gasteiger partial charge in [-0.3, -0.25) is 15.1 Å². The molecule has 0 fully saturated rings. The summed E-state index contributed by atoms with van der Waals surface area (Å²) in [6.07, 6.45) is 1.40. The van der Waals surface area contributed by atoms with Crippen LogP contribution in [-0.2, 0) is 0 Å². The first-order valence-electron chi connectivity index (χ1n) is 6.11. The van der Waals surface area contributed by atoms with Crippen LogP contribution in [0.5, 0.6) is 5.75 Å². The lowest BCUT2D eigenvalue weighted by atomic mass is 10.1. The van der Waals surface area contributed by atoms with Crippen molar-refractivity contribution in [1.82, 2.24) is 0 Å². The number of nitrogens with zero attached hydrogens (tertiary/aromatic N) is 2. The minimum Gasteiger partial charge on any atom is -0.872 e. The van der Waals surface area contributed by atoms with Crippen molar-refractivity contribution < 1.29 is 10.0 Å². The van der Waals surface area contributed by atoms with Gasteiger partial charge in [-0.05, 0) is 18.1 Å². The number of aliphatic imine (C=N–C) groups is 1. The fourth-order valence-electron chi connectivity index (χ4n) is 1.76. The molecule has 5 nitrogen and oxygen atoms in total. The number of nitro groups is 1. The molecule has 0 aliphatic carbocycles. The lowest BCUT2D eigenvalue weighted by molar-refractivity contribution is -0.385. The normalized spacial score (nSPS) is 12.4. The van der Waals surface area contributed by atoms with Crippen LogP contribution in [0.3, 0.4) is 0 Å². The smallest absolute Gasteiger partial charge is 0.270 e. The minimum absolute atomic E-state index is 0.113. The van der Waals surface area contributed by atoms with Crippen LogP contribution >= 0.6 is 0 Å².